The Kier molecular flexibility index (Phi) is 8.98. The number of para-hydroxylation sites is 2. The minimum Gasteiger partial charge on any atom is -0.497 e. The number of amides is 1. The number of nitrogens with zero attached hydrogens (tertiary/aromatic N) is 2. The van der Waals surface area contributed by atoms with Crippen molar-refractivity contribution in [3.63, 3.8) is 0 Å². The lowest BCUT2D eigenvalue weighted by Gasteiger charge is -2.18. The molecule has 44 heavy (non-hydrogen) atoms. The van der Waals surface area contributed by atoms with Crippen molar-refractivity contribution in [2.45, 2.75) is 25.3 Å². The lowest BCUT2D eigenvalue weighted by Crippen LogP contribution is -2.27. The predicted octanol–water partition coefficient (Wildman–Crippen LogP) is 7.77. The van der Waals surface area contributed by atoms with E-state index in [1.54, 1.807) is 13.3 Å². The summed E-state index contributed by atoms with van der Waals surface area (Å²) in [6.07, 6.45) is 4.96. The number of fused-ring (bicyclic) bond motifs is 1. The molecule has 2 heterocycles. The fourth-order valence-electron chi connectivity index (χ4n) is 5.57. The first-order valence-electron chi connectivity index (χ1n) is 14.9. The van der Waals surface area contributed by atoms with Crippen molar-refractivity contribution in [3.05, 3.63) is 156 Å². The van der Waals surface area contributed by atoms with Crippen LogP contribution in [-0.4, -0.2) is 29.1 Å². The maximum atomic E-state index is 13.5. The third-order valence-electron chi connectivity index (χ3n) is 7.77. The van der Waals surface area contributed by atoms with E-state index < -0.39 is 0 Å². The molecular weight excluding hydrogens is 546 g/mol. The highest BCUT2D eigenvalue weighted by atomic mass is 16.5. The number of ether oxygens (including phenoxy) is 2. The number of hydrogen-bond acceptors (Lipinski definition) is 4. The molecular formula is C38H35N3O3. The van der Waals surface area contributed by atoms with E-state index >= 15 is 0 Å². The van der Waals surface area contributed by atoms with Crippen molar-refractivity contribution in [3.8, 4) is 17.2 Å². The van der Waals surface area contributed by atoms with E-state index in [1.807, 2.05) is 72.8 Å². The Morgan fingerprint density at radius 2 is 1.59 bits per heavy atom. The molecule has 0 radical (unpaired) electrons. The van der Waals surface area contributed by atoms with E-state index in [9.17, 15) is 4.79 Å². The van der Waals surface area contributed by atoms with Gasteiger partial charge >= 0.3 is 0 Å². The highest BCUT2D eigenvalue weighted by Gasteiger charge is 2.23. The molecule has 1 unspecified atom stereocenters. The van der Waals surface area contributed by atoms with Gasteiger partial charge in [0, 0.05) is 60.8 Å². The van der Waals surface area contributed by atoms with E-state index in [1.165, 1.54) is 5.56 Å². The number of hydrogen-bond donors (Lipinski definition) is 1. The first-order valence-corrected chi connectivity index (χ1v) is 14.9. The number of aromatic nitrogens is 2. The van der Waals surface area contributed by atoms with Crippen LogP contribution in [0.1, 0.15) is 34.7 Å². The zero-order valence-corrected chi connectivity index (χ0v) is 24.7. The van der Waals surface area contributed by atoms with Gasteiger partial charge < -0.3 is 19.4 Å². The van der Waals surface area contributed by atoms with Gasteiger partial charge in [-0.1, -0.05) is 66.7 Å². The molecule has 4 aromatic carbocycles. The highest BCUT2D eigenvalue weighted by molar-refractivity contribution is 5.87. The summed E-state index contributed by atoms with van der Waals surface area (Å²) in [5, 5.41) is 4.26. The summed E-state index contributed by atoms with van der Waals surface area (Å²) < 4.78 is 13.8. The first kappa shape index (κ1) is 28.7. The molecule has 0 aliphatic heterocycles. The molecule has 1 atom stereocenters. The Morgan fingerprint density at radius 1 is 0.818 bits per heavy atom. The van der Waals surface area contributed by atoms with Gasteiger partial charge in [-0.3, -0.25) is 9.78 Å². The molecule has 0 saturated heterocycles. The Labute approximate surface area is 257 Å². The second-order valence-corrected chi connectivity index (χ2v) is 10.7. The zero-order valence-electron chi connectivity index (χ0n) is 24.7. The Morgan fingerprint density at radius 3 is 2.39 bits per heavy atom. The van der Waals surface area contributed by atoms with Crippen LogP contribution in [0.25, 0.3) is 10.9 Å². The van der Waals surface area contributed by atoms with Gasteiger partial charge in [-0.25, -0.2) is 0 Å². The molecule has 0 saturated carbocycles. The van der Waals surface area contributed by atoms with Gasteiger partial charge in [0.1, 0.15) is 17.2 Å². The summed E-state index contributed by atoms with van der Waals surface area (Å²) in [5.41, 5.74) is 5.36. The van der Waals surface area contributed by atoms with Crippen molar-refractivity contribution >= 4 is 16.8 Å². The molecule has 1 N–H and O–H groups in total. The summed E-state index contributed by atoms with van der Waals surface area (Å²) in [6.45, 7) is 1.23. The van der Waals surface area contributed by atoms with Gasteiger partial charge in [-0.2, -0.15) is 0 Å². The molecule has 1 amide bonds. The maximum absolute atomic E-state index is 13.5. The average Bonchev–Trinajstić information content (AvgIpc) is 3.43. The average molecular weight is 582 g/mol. The van der Waals surface area contributed by atoms with Crippen molar-refractivity contribution < 1.29 is 14.3 Å². The van der Waals surface area contributed by atoms with Gasteiger partial charge in [0.05, 0.1) is 7.11 Å². The molecule has 0 spiro atoms. The SMILES string of the molecule is COc1ccc(Cn2cc(C(CC(=O)NCCc3ccccn3)c3cccc(Oc4ccccc4)c3)c3ccccc32)cc1. The number of pyridine rings is 1. The van der Waals surface area contributed by atoms with Gasteiger partial charge in [0.15, 0.2) is 0 Å². The molecule has 0 aliphatic carbocycles. The van der Waals surface area contributed by atoms with E-state index in [0.29, 0.717) is 25.9 Å². The number of rotatable bonds is 12. The summed E-state index contributed by atoms with van der Waals surface area (Å²) in [4.78, 5) is 17.9. The van der Waals surface area contributed by atoms with Crippen LogP contribution in [0.5, 0.6) is 17.2 Å². The van der Waals surface area contributed by atoms with Crippen molar-refractivity contribution in [2.24, 2.45) is 0 Å². The summed E-state index contributed by atoms with van der Waals surface area (Å²) in [6, 6.07) is 40.2. The first-order chi connectivity index (χ1) is 21.7. The number of nitrogens with one attached hydrogen (secondary N) is 1. The standard InChI is InChI=1S/C38H35N3O3/c1-43-31-19-17-28(18-20-31)26-41-27-36(34-15-5-6-16-37(34)41)35(25-38(42)40-23-21-30-11-7-8-22-39-30)29-10-9-14-33(24-29)44-32-12-3-2-4-13-32/h2-20,22,24,27,35H,21,23,25-26H2,1H3,(H,40,42). The third-order valence-corrected chi connectivity index (χ3v) is 7.77. The van der Waals surface area contributed by atoms with E-state index in [0.717, 1.165) is 45.0 Å². The topological polar surface area (TPSA) is 65.4 Å². The normalized spacial score (nSPS) is 11.7. The molecule has 6 heteroatoms. The largest absolute Gasteiger partial charge is 0.497 e. The molecule has 220 valence electrons. The van der Waals surface area contributed by atoms with E-state index in [4.69, 9.17) is 9.47 Å². The van der Waals surface area contributed by atoms with E-state index in [-0.39, 0.29) is 11.8 Å². The van der Waals surface area contributed by atoms with Crippen molar-refractivity contribution in [1.29, 1.82) is 0 Å². The van der Waals surface area contributed by atoms with Crippen LogP contribution in [0, 0.1) is 0 Å². The number of carbonyl (C=O) groups is 1. The highest BCUT2D eigenvalue weighted by Crippen LogP contribution is 2.37. The molecule has 6 rings (SSSR count). The fraction of sp³-hybridized carbons (Fsp3) is 0.158. The predicted molar refractivity (Wildman–Crippen MR) is 174 cm³/mol. The molecule has 0 aliphatic rings. The Bertz CT molecular complexity index is 1820. The van der Waals surface area contributed by atoms with Crippen molar-refractivity contribution in [1.82, 2.24) is 14.9 Å². The van der Waals surface area contributed by atoms with Gasteiger partial charge in [-0.05, 0) is 71.3 Å². The van der Waals surface area contributed by atoms with Crippen LogP contribution in [0.2, 0.25) is 0 Å². The second kappa shape index (κ2) is 13.7. The molecule has 6 nitrogen and oxygen atoms in total. The smallest absolute Gasteiger partial charge is 0.220 e. The summed E-state index contributed by atoms with van der Waals surface area (Å²) in [5.74, 6) is 2.14. The Hall–Kier alpha value is -5.36. The minimum atomic E-state index is -0.189. The van der Waals surface area contributed by atoms with Gasteiger partial charge in [-0.15, -0.1) is 0 Å². The monoisotopic (exact) mass is 581 g/mol. The van der Waals surface area contributed by atoms with Crippen LogP contribution >= 0.6 is 0 Å². The van der Waals surface area contributed by atoms with Crippen LogP contribution in [0.3, 0.4) is 0 Å². The number of benzene rings is 4. The Balaban J connectivity index is 1.32. The van der Waals surface area contributed by atoms with Crippen LogP contribution in [0.4, 0.5) is 0 Å². The lowest BCUT2D eigenvalue weighted by atomic mass is 9.88. The van der Waals surface area contributed by atoms with Gasteiger partial charge in [0.25, 0.3) is 0 Å². The summed E-state index contributed by atoms with van der Waals surface area (Å²) >= 11 is 0. The van der Waals surface area contributed by atoms with Gasteiger partial charge in [0.2, 0.25) is 5.91 Å². The van der Waals surface area contributed by atoms with Crippen LogP contribution in [-0.2, 0) is 17.8 Å². The number of carbonyl (C=O) groups excluding carboxylic acids is 1. The van der Waals surface area contributed by atoms with Crippen LogP contribution < -0.4 is 14.8 Å². The molecule has 2 aromatic heterocycles. The zero-order chi connectivity index (χ0) is 30.1. The minimum absolute atomic E-state index is 0.00713. The molecule has 0 bridgehead atoms. The van der Waals surface area contributed by atoms with Crippen molar-refractivity contribution in [2.75, 3.05) is 13.7 Å². The maximum Gasteiger partial charge on any atom is 0.220 e. The number of methoxy groups -OCH3 is 1. The fourth-order valence-corrected chi connectivity index (χ4v) is 5.57. The lowest BCUT2D eigenvalue weighted by molar-refractivity contribution is -0.121. The third kappa shape index (κ3) is 6.98. The molecule has 0 fully saturated rings. The van der Waals surface area contributed by atoms with Crippen LogP contribution in [0.15, 0.2) is 134 Å². The second-order valence-electron chi connectivity index (χ2n) is 10.7. The molecule has 6 aromatic rings. The van der Waals surface area contributed by atoms with E-state index in [2.05, 4.69) is 69.6 Å². The summed E-state index contributed by atoms with van der Waals surface area (Å²) in [7, 11) is 1.68. The quantitative estimate of drug-likeness (QED) is 0.160.